The van der Waals surface area contributed by atoms with Crippen LogP contribution in [-0.2, 0) is 16.1 Å². The van der Waals surface area contributed by atoms with Crippen molar-refractivity contribution in [3.63, 3.8) is 0 Å². The van der Waals surface area contributed by atoms with Crippen LogP contribution in [0.15, 0.2) is 48.5 Å². The zero-order valence-corrected chi connectivity index (χ0v) is 13.1. The van der Waals surface area contributed by atoms with E-state index < -0.39 is 11.9 Å². The van der Waals surface area contributed by atoms with Crippen LogP contribution >= 0.6 is 0 Å². The van der Waals surface area contributed by atoms with Gasteiger partial charge in [-0.3, -0.25) is 4.79 Å². The standard InChI is InChI=1S/C18H18FNO3/c1-13-7-3-5-9-15(13)18(22)23-12-17(21)20(2)11-14-8-4-6-10-16(14)19/h3-10H,11-12H2,1-2H3. The molecule has 0 aliphatic rings. The summed E-state index contributed by atoms with van der Waals surface area (Å²) in [6, 6.07) is 13.2. The topological polar surface area (TPSA) is 46.6 Å². The fourth-order valence-electron chi connectivity index (χ4n) is 2.09. The summed E-state index contributed by atoms with van der Waals surface area (Å²) in [6.45, 7) is 1.54. The molecule has 2 aromatic carbocycles. The molecule has 2 aromatic rings. The van der Waals surface area contributed by atoms with E-state index in [9.17, 15) is 14.0 Å². The van der Waals surface area contributed by atoms with E-state index in [0.717, 1.165) is 5.56 Å². The van der Waals surface area contributed by atoms with Gasteiger partial charge in [0.1, 0.15) is 5.82 Å². The normalized spacial score (nSPS) is 10.2. The molecule has 0 bridgehead atoms. The molecule has 0 fully saturated rings. The molecule has 0 atom stereocenters. The van der Waals surface area contributed by atoms with Crippen LogP contribution in [-0.4, -0.2) is 30.4 Å². The molecule has 0 aliphatic carbocycles. The number of ether oxygens (including phenoxy) is 1. The second kappa shape index (κ2) is 7.54. The maximum absolute atomic E-state index is 13.6. The van der Waals surface area contributed by atoms with Crippen molar-refractivity contribution in [3.05, 3.63) is 71.0 Å². The van der Waals surface area contributed by atoms with Crippen LogP contribution in [0.2, 0.25) is 0 Å². The van der Waals surface area contributed by atoms with Gasteiger partial charge >= 0.3 is 5.97 Å². The SMILES string of the molecule is Cc1ccccc1C(=O)OCC(=O)N(C)Cc1ccccc1F. The molecule has 4 nitrogen and oxygen atoms in total. The fraction of sp³-hybridized carbons (Fsp3) is 0.222. The summed E-state index contributed by atoms with van der Waals surface area (Å²) in [6.07, 6.45) is 0. The van der Waals surface area contributed by atoms with Gasteiger partial charge in [0.2, 0.25) is 0 Å². The van der Waals surface area contributed by atoms with E-state index >= 15 is 0 Å². The van der Waals surface area contributed by atoms with Crippen molar-refractivity contribution in [2.75, 3.05) is 13.7 Å². The van der Waals surface area contributed by atoms with Gasteiger partial charge in [-0.1, -0.05) is 36.4 Å². The molecule has 0 unspecified atom stereocenters. The van der Waals surface area contributed by atoms with Gasteiger partial charge in [-0.15, -0.1) is 0 Å². The Balaban J connectivity index is 1.91. The molecule has 23 heavy (non-hydrogen) atoms. The number of aryl methyl sites for hydroxylation is 1. The average Bonchev–Trinajstić information content (AvgIpc) is 2.54. The molecule has 120 valence electrons. The van der Waals surface area contributed by atoms with Crippen molar-refractivity contribution >= 4 is 11.9 Å². The molecular formula is C18H18FNO3. The second-order valence-electron chi connectivity index (χ2n) is 5.23. The number of hydrogen-bond acceptors (Lipinski definition) is 3. The number of halogens is 1. The van der Waals surface area contributed by atoms with Crippen LogP contribution in [0.5, 0.6) is 0 Å². The number of benzene rings is 2. The first kappa shape index (κ1) is 16.7. The van der Waals surface area contributed by atoms with Crippen molar-refractivity contribution in [1.82, 2.24) is 4.90 Å². The van der Waals surface area contributed by atoms with E-state index in [1.807, 2.05) is 6.07 Å². The number of likely N-dealkylation sites (N-methyl/N-ethyl adjacent to an activating group) is 1. The highest BCUT2D eigenvalue weighted by Gasteiger charge is 2.15. The summed E-state index contributed by atoms with van der Waals surface area (Å²) in [5, 5.41) is 0. The third kappa shape index (κ3) is 4.39. The van der Waals surface area contributed by atoms with Gasteiger partial charge in [0, 0.05) is 19.2 Å². The third-order valence-electron chi connectivity index (χ3n) is 3.48. The van der Waals surface area contributed by atoms with Gasteiger partial charge in [0.15, 0.2) is 6.61 Å². The Hall–Kier alpha value is -2.69. The lowest BCUT2D eigenvalue weighted by Gasteiger charge is -2.17. The minimum atomic E-state index is -0.546. The first-order valence-electron chi connectivity index (χ1n) is 7.19. The monoisotopic (exact) mass is 315 g/mol. The van der Waals surface area contributed by atoms with Gasteiger partial charge in [-0.2, -0.15) is 0 Å². The molecule has 0 aliphatic heterocycles. The highest BCUT2D eigenvalue weighted by Crippen LogP contribution is 2.10. The Kier molecular flexibility index (Phi) is 5.46. The van der Waals surface area contributed by atoms with Crippen molar-refractivity contribution in [1.29, 1.82) is 0 Å². The highest BCUT2D eigenvalue weighted by molar-refractivity contribution is 5.92. The number of rotatable bonds is 5. The molecule has 5 heteroatoms. The van der Waals surface area contributed by atoms with Gasteiger partial charge in [0.05, 0.1) is 5.56 Å². The Morgan fingerprint density at radius 3 is 2.43 bits per heavy atom. The molecule has 0 aromatic heterocycles. The van der Waals surface area contributed by atoms with Crippen molar-refractivity contribution in [2.45, 2.75) is 13.5 Å². The number of carbonyl (C=O) groups is 2. The molecule has 0 saturated carbocycles. The largest absolute Gasteiger partial charge is 0.452 e. The van der Waals surface area contributed by atoms with E-state index in [0.29, 0.717) is 11.1 Å². The van der Waals surface area contributed by atoms with Crippen molar-refractivity contribution < 1.29 is 18.7 Å². The smallest absolute Gasteiger partial charge is 0.338 e. The molecule has 0 heterocycles. The zero-order valence-electron chi connectivity index (χ0n) is 13.1. The van der Waals surface area contributed by atoms with Crippen LogP contribution in [0.25, 0.3) is 0 Å². The molecule has 2 rings (SSSR count). The Morgan fingerprint density at radius 2 is 1.74 bits per heavy atom. The van der Waals surface area contributed by atoms with Gasteiger partial charge in [0.25, 0.3) is 5.91 Å². The van der Waals surface area contributed by atoms with E-state index in [-0.39, 0.29) is 19.0 Å². The van der Waals surface area contributed by atoms with E-state index in [4.69, 9.17) is 4.74 Å². The fourth-order valence-corrected chi connectivity index (χ4v) is 2.09. The van der Waals surface area contributed by atoms with Crippen LogP contribution in [0.4, 0.5) is 4.39 Å². The number of carbonyl (C=O) groups excluding carboxylic acids is 2. The number of hydrogen-bond donors (Lipinski definition) is 0. The molecule has 0 N–H and O–H groups in total. The van der Waals surface area contributed by atoms with E-state index in [1.54, 1.807) is 43.3 Å². The quantitative estimate of drug-likeness (QED) is 0.797. The Bertz CT molecular complexity index is 715. The summed E-state index contributed by atoms with van der Waals surface area (Å²) < 4.78 is 18.6. The maximum Gasteiger partial charge on any atom is 0.338 e. The lowest BCUT2D eigenvalue weighted by molar-refractivity contribution is -0.133. The first-order chi connectivity index (χ1) is 11.0. The summed E-state index contributed by atoms with van der Waals surface area (Å²) in [7, 11) is 1.54. The van der Waals surface area contributed by atoms with Gasteiger partial charge < -0.3 is 9.64 Å². The predicted octanol–water partition coefficient (Wildman–Crippen LogP) is 2.95. The molecular weight excluding hydrogens is 297 g/mol. The number of nitrogens with zero attached hydrogens (tertiary/aromatic N) is 1. The summed E-state index contributed by atoms with van der Waals surface area (Å²) in [4.78, 5) is 25.3. The second-order valence-corrected chi connectivity index (χ2v) is 5.23. The Labute approximate surface area is 134 Å². The predicted molar refractivity (Wildman–Crippen MR) is 84.3 cm³/mol. The molecule has 1 amide bonds. The van der Waals surface area contributed by atoms with Crippen LogP contribution in [0, 0.1) is 12.7 Å². The summed E-state index contributed by atoms with van der Waals surface area (Å²) >= 11 is 0. The minimum absolute atomic E-state index is 0.118. The number of esters is 1. The lowest BCUT2D eigenvalue weighted by atomic mass is 10.1. The van der Waals surface area contributed by atoms with Crippen molar-refractivity contribution in [3.8, 4) is 0 Å². The van der Waals surface area contributed by atoms with E-state index in [1.165, 1.54) is 18.0 Å². The van der Waals surface area contributed by atoms with Crippen LogP contribution in [0.1, 0.15) is 21.5 Å². The van der Waals surface area contributed by atoms with Crippen molar-refractivity contribution in [2.24, 2.45) is 0 Å². The summed E-state index contributed by atoms with van der Waals surface area (Å²) in [5.74, 6) is -1.31. The average molecular weight is 315 g/mol. The first-order valence-corrected chi connectivity index (χ1v) is 7.19. The Morgan fingerprint density at radius 1 is 1.09 bits per heavy atom. The van der Waals surface area contributed by atoms with Crippen LogP contribution in [0.3, 0.4) is 0 Å². The van der Waals surface area contributed by atoms with Crippen LogP contribution < -0.4 is 0 Å². The zero-order chi connectivity index (χ0) is 16.8. The highest BCUT2D eigenvalue weighted by atomic mass is 19.1. The third-order valence-corrected chi connectivity index (χ3v) is 3.48. The lowest BCUT2D eigenvalue weighted by Crippen LogP contribution is -2.31. The minimum Gasteiger partial charge on any atom is -0.452 e. The van der Waals surface area contributed by atoms with E-state index in [2.05, 4.69) is 0 Å². The molecule has 0 radical (unpaired) electrons. The number of amides is 1. The van der Waals surface area contributed by atoms with Gasteiger partial charge in [-0.05, 0) is 24.6 Å². The summed E-state index contributed by atoms with van der Waals surface area (Å²) in [5.41, 5.74) is 1.62. The maximum atomic E-state index is 13.6. The molecule has 0 spiro atoms. The van der Waals surface area contributed by atoms with Gasteiger partial charge in [-0.25, -0.2) is 9.18 Å². The molecule has 0 saturated heterocycles.